The number of methoxy groups -OCH3 is 1. The van der Waals surface area contributed by atoms with Gasteiger partial charge in [0.15, 0.2) is 5.78 Å². The summed E-state index contributed by atoms with van der Waals surface area (Å²) in [5, 5.41) is 49.4. The number of aryl methyl sites for hydroxylation is 1. The molecule has 1 heterocycles. The lowest BCUT2D eigenvalue weighted by Gasteiger charge is -2.29. The summed E-state index contributed by atoms with van der Waals surface area (Å²) in [6.45, 7) is 7.66. The maximum absolute atomic E-state index is 13.9. The normalized spacial score (nSPS) is 13.7. The molecule has 10 heteroatoms. The van der Waals surface area contributed by atoms with Crippen LogP contribution in [-0.4, -0.2) is 48.9 Å². The highest BCUT2D eigenvalue weighted by Gasteiger charge is 2.42. The average Bonchev–Trinajstić information content (AvgIpc) is 3.01. The van der Waals surface area contributed by atoms with Gasteiger partial charge < -0.3 is 25.2 Å². The average molecular weight is 619 g/mol. The quantitative estimate of drug-likeness (QED) is 0.200. The van der Waals surface area contributed by atoms with Crippen molar-refractivity contribution in [1.82, 2.24) is 9.78 Å². The van der Waals surface area contributed by atoms with Gasteiger partial charge in [0.2, 0.25) is 5.78 Å². The van der Waals surface area contributed by atoms with E-state index in [1.807, 2.05) is 12.1 Å². The Balaban J connectivity index is 1.49. The number of hydrogen-bond donors (Lipinski definition) is 4. The van der Waals surface area contributed by atoms with Crippen LogP contribution in [0.4, 0.5) is 0 Å². The molecule has 0 radical (unpaired) electrons. The van der Waals surface area contributed by atoms with Crippen LogP contribution in [0, 0.1) is 6.92 Å². The predicted molar refractivity (Wildman–Crippen MR) is 170 cm³/mol. The Morgan fingerprint density at radius 3 is 2.15 bits per heavy atom. The van der Waals surface area contributed by atoms with Crippen LogP contribution < -0.4 is 10.3 Å². The van der Waals surface area contributed by atoms with Gasteiger partial charge in [-0.25, -0.2) is 0 Å². The minimum absolute atomic E-state index is 0.0214. The number of carbonyl (C=O) groups excluding carboxylic acids is 2. The SMILES string of the molecule is COc1c2c(c(O)c3c1C(=O)c1c(cc(O)c(C)c1O)C3=O)-c1c(cc3cnn(-c4ccc(C(C)(C)C)cc4)c(=O)c3c1O)CC2. The highest BCUT2D eigenvalue weighted by atomic mass is 16.5. The molecule has 4 aromatic carbocycles. The fourth-order valence-corrected chi connectivity index (χ4v) is 6.73. The number of aromatic hydroxyl groups is 4. The fourth-order valence-electron chi connectivity index (χ4n) is 6.73. The van der Waals surface area contributed by atoms with Gasteiger partial charge >= 0.3 is 0 Å². The van der Waals surface area contributed by atoms with Gasteiger partial charge in [-0.1, -0.05) is 32.9 Å². The zero-order valence-corrected chi connectivity index (χ0v) is 25.8. The van der Waals surface area contributed by atoms with Crippen molar-refractivity contribution in [3.05, 3.63) is 97.5 Å². The zero-order chi connectivity index (χ0) is 33.0. The van der Waals surface area contributed by atoms with Crippen molar-refractivity contribution in [2.75, 3.05) is 7.11 Å². The van der Waals surface area contributed by atoms with E-state index in [1.165, 1.54) is 24.9 Å². The number of nitrogens with zero attached hydrogens (tertiary/aromatic N) is 2. The van der Waals surface area contributed by atoms with Gasteiger partial charge in [-0.3, -0.25) is 14.4 Å². The van der Waals surface area contributed by atoms with E-state index in [0.29, 0.717) is 28.6 Å². The first kappa shape index (κ1) is 29.1. The molecule has 0 saturated heterocycles. The van der Waals surface area contributed by atoms with Crippen molar-refractivity contribution in [2.45, 2.75) is 46.0 Å². The molecule has 10 nitrogen and oxygen atoms in total. The molecule has 232 valence electrons. The second-order valence-electron chi connectivity index (χ2n) is 12.8. The molecule has 7 rings (SSSR count). The van der Waals surface area contributed by atoms with Gasteiger partial charge in [-0.15, -0.1) is 0 Å². The number of phenols is 4. The number of ether oxygens (including phenoxy) is 1. The highest BCUT2D eigenvalue weighted by Crippen LogP contribution is 2.54. The summed E-state index contributed by atoms with van der Waals surface area (Å²) in [6.07, 6.45) is 2.13. The smallest absolute Gasteiger partial charge is 0.283 e. The number of aromatic nitrogens is 2. The lowest BCUT2D eigenvalue weighted by molar-refractivity contribution is 0.0971. The molecule has 5 aromatic rings. The Kier molecular flexibility index (Phi) is 6.12. The third-order valence-electron chi connectivity index (χ3n) is 9.19. The summed E-state index contributed by atoms with van der Waals surface area (Å²) >= 11 is 0. The molecule has 0 fully saturated rings. The summed E-state index contributed by atoms with van der Waals surface area (Å²) in [6, 6.07) is 10.2. The summed E-state index contributed by atoms with van der Waals surface area (Å²) in [5.74, 6) is -3.45. The minimum atomic E-state index is -0.813. The molecule has 4 N–H and O–H groups in total. The van der Waals surface area contributed by atoms with Crippen LogP contribution in [0.1, 0.15) is 74.9 Å². The summed E-state index contributed by atoms with van der Waals surface area (Å²) in [7, 11) is 1.33. The maximum atomic E-state index is 13.9. The second kappa shape index (κ2) is 9.68. The highest BCUT2D eigenvalue weighted by molar-refractivity contribution is 6.32. The first-order chi connectivity index (χ1) is 21.8. The van der Waals surface area contributed by atoms with Crippen molar-refractivity contribution in [3.8, 4) is 45.6 Å². The van der Waals surface area contributed by atoms with Gasteiger partial charge in [0.1, 0.15) is 28.7 Å². The molecule has 0 bridgehead atoms. The molecule has 46 heavy (non-hydrogen) atoms. The van der Waals surface area contributed by atoms with Crippen LogP contribution in [0.5, 0.6) is 28.7 Å². The van der Waals surface area contributed by atoms with Gasteiger partial charge in [-0.05, 0) is 60.6 Å². The van der Waals surface area contributed by atoms with Crippen LogP contribution in [0.2, 0.25) is 0 Å². The van der Waals surface area contributed by atoms with Gasteiger partial charge in [-0.2, -0.15) is 9.78 Å². The Morgan fingerprint density at radius 1 is 0.804 bits per heavy atom. The molecular formula is C36H30N2O8. The van der Waals surface area contributed by atoms with Gasteiger partial charge in [0.25, 0.3) is 5.56 Å². The van der Waals surface area contributed by atoms with E-state index in [4.69, 9.17) is 4.74 Å². The lowest BCUT2D eigenvalue weighted by atomic mass is 9.75. The van der Waals surface area contributed by atoms with Crippen molar-refractivity contribution in [2.24, 2.45) is 0 Å². The molecule has 0 saturated carbocycles. The maximum Gasteiger partial charge on any atom is 0.283 e. The minimum Gasteiger partial charge on any atom is -0.508 e. The molecule has 0 unspecified atom stereocenters. The first-order valence-electron chi connectivity index (χ1n) is 14.7. The Labute approximate surface area is 262 Å². The molecule has 2 aliphatic rings. The lowest BCUT2D eigenvalue weighted by Crippen LogP contribution is -2.25. The summed E-state index contributed by atoms with van der Waals surface area (Å²) in [5.41, 5.74) is 0.935. The van der Waals surface area contributed by atoms with E-state index in [2.05, 4.69) is 25.9 Å². The standard InChI is InChI=1S/C36H30N2O8/c1-15-22(39)13-21-26(29(15)40)33(44)28-27(30(21)41)32(43)25-20(34(28)46-5)11-6-16-12-17-14-37-38(35(45)24(17)31(42)23(16)25)19-9-7-18(8-10-19)36(2,3)4/h7-10,12-14,39-40,42-43H,6,11H2,1-5H3. The molecular weight excluding hydrogens is 588 g/mol. The monoisotopic (exact) mass is 618 g/mol. The van der Waals surface area contributed by atoms with Crippen molar-refractivity contribution < 1.29 is 34.8 Å². The summed E-state index contributed by atoms with van der Waals surface area (Å²) in [4.78, 5) is 41.6. The van der Waals surface area contributed by atoms with E-state index >= 15 is 0 Å². The second-order valence-corrected chi connectivity index (χ2v) is 12.8. The van der Waals surface area contributed by atoms with Crippen LogP contribution in [-0.2, 0) is 18.3 Å². The van der Waals surface area contributed by atoms with E-state index in [0.717, 1.165) is 11.6 Å². The predicted octanol–water partition coefficient (Wildman–Crippen LogP) is 5.36. The Hall–Kier alpha value is -5.64. The third-order valence-corrected chi connectivity index (χ3v) is 9.19. The van der Waals surface area contributed by atoms with Crippen molar-refractivity contribution >= 4 is 22.3 Å². The van der Waals surface area contributed by atoms with Gasteiger partial charge in [0, 0.05) is 33.2 Å². The van der Waals surface area contributed by atoms with Crippen molar-refractivity contribution in [3.63, 3.8) is 0 Å². The molecule has 2 aliphatic carbocycles. The molecule has 0 atom stereocenters. The number of fused-ring (bicyclic) bond motifs is 6. The first-order valence-corrected chi connectivity index (χ1v) is 14.7. The van der Waals surface area contributed by atoms with Crippen LogP contribution in [0.3, 0.4) is 0 Å². The van der Waals surface area contributed by atoms with Crippen LogP contribution >= 0.6 is 0 Å². The third kappa shape index (κ3) is 3.82. The van der Waals surface area contributed by atoms with Crippen LogP contribution in [0.25, 0.3) is 27.6 Å². The topological polar surface area (TPSA) is 159 Å². The van der Waals surface area contributed by atoms with E-state index < -0.39 is 40.1 Å². The van der Waals surface area contributed by atoms with E-state index in [-0.39, 0.29) is 61.9 Å². The molecule has 0 aliphatic heterocycles. The number of phenolic OH excluding ortho intramolecular Hbond substituents is 4. The molecule has 0 amide bonds. The largest absolute Gasteiger partial charge is 0.508 e. The molecule has 1 aromatic heterocycles. The number of hydrogen-bond acceptors (Lipinski definition) is 9. The number of benzene rings is 4. The number of ketones is 2. The van der Waals surface area contributed by atoms with Gasteiger partial charge in [0.05, 0.1) is 41.1 Å². The number of rotatable bonds is 2. The van der Waals surface area contributed by atoms with Crippen LogP contribution in [0.15, 0.2) is 47.4 Å². The summed E-state index contributed by atoms with van der Waals surface area (Å²) < 4.78 is 6.89. The molecule has 0 spiro atoms. The van der Waals surface area contributed by atoms with E-state index in [1.54, 1.807) is 18.2 Å². The fraction of sp³-hybridized carbons (Fsp3) is 0.222. The number of carbonyl (C=O) groups is 2. The van der Waals surface area contributed by atoms with E-state index in [9.17, 15) is 34.8 Å². The zero-order valence-electron chi connectivity index (χ0n) is 25.8. The Morgan fingerprint density at radius 2 is 1.50 bits per heavy atom. The Bertz CT molecular complexity index is 2270. The van der Waals surface area contributed by atoms with Crippen molar-refractivity contribution in [1.29, 1.82) is 0 Å².